The molecule has 1 aromatic rings. The van der Waals surface area contributed by atoms with Gasteiger partial charge in [-0.2, -0.15) is 0 Å². The van der Waals surface area contributed by atoms with Gasteiger partial charge in [0, 0.05) is 5.92 Å². The number of hydrogen-bond acceptors (Lipinski definition) is 4. The summed E-state index contributed by atoms with van der Waals surface area (Å²) in [5, 5.41) is 10.1. The zero-order chi connectivity index (χ0) is 13.8. The Hall–Kier alpha value is -1.55. The normalized spacial score (nSPS) is 19.4. The first kappa shape index (κ1) is 13.9. The summed E-state index contributed by atoms with van der Waals surface area (Å²) in [6.07, 6.45) is 1.64. The van der Waals surface area contributed by atoms with Crippen molar-refractivity contribution in [2.75, 3.05) is 13.7 Å². The minimum absolute atomic E-state index is 0.172. The van der Waals surface area contributed by atoms with Gasteiger partial charge in [0.05, 0.1) is 13.7 Å². The van der Waals surface area contributed by atoms with Gasteiger partial charge >= 0.3 is 5.97 Å². The minimum Gasteiger partial charge on any atom is -0.497 e. The maximum Gasteiger partial charge on any atom is 0.335 e. The molecule has 0 spiro atoms. The lowest BCUT2D eigenvalue weighted by Crippen LogP contribution is -2.32. The zero-order valence-electron chi connectivity index (χ0n) is 11.4. The van der Waals surface area contributed by atoms with Gasteiger partial charge in [0.2, 0.25) is 0 Å². The van der Waals surface area contributed by atoms with Gasteiger partial charge in [-0.1, -0.05) is 6.07 Å². The third kappa shape index (κ3) is 2.89. The van der Waals surface area contributed by atoms with E-state index in [1.54, 1.807) is 14.0 Å². The molecular weight excluding hydrogens is 244 g/mol. The van der Waals surface area contributed by atoms with Crippen molar-refractivity contribution in [1.29, 1.82) is 0 Å². The van der Waals surface area contributed by atoms with Crippen molar-refractivity contribution in [3.63, 3.8) is 0 Å². The van der Waals surface area contributed by atoms with E-state index >= 15 is 0 Å². The highest BCUT2D eigenvalue weighted by atomic mass is 16.5. The van der Waals surface area contributed by atoms with Crippen molar-refractivity contribution in [2.24, 2.45) is 0 Å². The van der Waals surface area contributed by atoms with Crippen LogP contribution in [0.3, 0.4) is 0 Å². The zero-order valence-corrected chi connectivity index (χ0v) is 11.4. The van der Waals surface area contributed by atoms with Gasteiger partial charge in [0.1, 0.15) is 5.75 Å². The molecule has 0 bridgehead atoms. The second-order valence-electron chi connectivity index (χ2n) is 4.76. The highest BCUT2D eigenvalue weighted by Crippen LogP contribution is 2.36. The predicted molar refractivity (Wildman–Crippen MR) is 71.3 cm³/mol. The fourth-order valence-electron chi connectivity index (χ4n) is 2.68. The fourth-order valence-corrected chi connectivity index (χ4v) is 2.68. The Bertz CT molecular complexity index is 455. The Morgan fingerprint density at radius 3 is 3.00 bits per heavy atom. The lowest BCUT2D eigenvalue weighted by molar-refractivity contribution is -0.154. The molecular formula is C15H20O4. The molecule has 4 nitrogen and oxygen atoms in total. The summed E-state index contributed by atoms with van der Waals surface area (Å²) in [7, 11) is 1.63. The van der Waals surface area contributed by atoms with Crippen molar-refractivity contribution >= 4 is 5.97 Å². The van der Waals surface area contributed by atoms with E-state index in [4.69, 9.17) is 9.47 Å². The summed E-state index contributed by atoms with van der Waals surface area (Å²) in [5.41, 5.74) is 2.19. The molecule has 4 heteroatoms. The van der Waals surface area contributed by atoms with Gasteiger partial charge in [-0.15, -0.1) is 0 Å². The first-order valence-electron chi connectivity index (χ1n) is 6.69. The smallest absolute Gasteiger partial charge is 0.335 e. The van der Waals surface area contributed by atoms with Gasteiger partial charge in [0.25, 0.3) is 0 Å². The number of ether oxygens (including phenoxy) is 2. The van der Waals surface area contributed by atoms with Crippen LogP contribution in [0.1, 0.15) is 36.8 Å². The molecule has 1 aliphatic carbocycles. The Labute approximate surface area is 113 Å². The topological polar surface area (TPSA) is 55.8 Å². The van der Waals surface area contributed by atoms with E-state index in [2.05, 4.69) is 0 Å². The molecule has 1 aliphatic rings. The molecule has 1 N–H and O–H groups in total. The van der Waals surface area contributed by atoms with Gasteiger partial charge in [-0.3, -0.25) is 0 Å². The van der Waals surface area contributed by atoms with E-state index in [0.717, 1.165) is 36.1 Å². The van der Waals surface area contributed by atoms with Crippen LogP contribution in [0, 0.1) is 0 Å². The summed E-state index contributed by atoms with van der Waals surface area (Å²) >= 11 is 0. The van der Waals surface area contributed by atoms with Gasteiger partial charge in [-0.05, 0) is 49.4 Å². The van der Waals surface area contributed by atoms with Crippen LogP contribution in [0.15, 0.2) is 18.2 Å². The van der Waals surface area contributed by atoms with Crippen molar-refractivity contribution in [3.8, 4) is 5.75 Å². The highest BCUT2D eigenvalue weighted by Gasteiger charge is 2.32. The Kier molecular flexibility index (Phi) is 4.43. The number of aryl methyl sites for hydroxylation is 1. The predicted octanol–water partition coefficient (Wildman–Crippen LogP) is 2.04. The van der Waals surface area contributed by atoms with Crippen LogP contribution in [-0.2, 0) is 16.0 Å². The van der Waals surface area contributed by atoms with Crippen LogP contribution in [-0.4, -0.2) is 30.9 Å². The molecule has 0 aromatic heterocycles. The van der Waals surface area contributed by atoms with E-state index in [-0.39, 0.29) is 12.5 Å². The number of aliphatic hydroxyl groups excluding tert-OH is 1. The van der Waals surface area contributed by atoms with Crippen LogP contribution >= 0.6 is 0 Å². The monoisotopic (exact) mass is 264 g/mol. The van der Waals surface area contributed by atoms with Gasteiger partial charge in [0.15, 0.2) is 6.10 Å². The third-order valence-electron chi connectivity index (χ3n) is 3.62. The molecule has 19 heavy (non-hydrogen) atoms. The van der Waals surface area contributed by atoms with Crippen molar-refractivity contribution in [1.82, 2.24) is 0 Å². The number of carbonyl (C=O) groups is 1. The molecule has 0 radical (unpaired) electrons. The summed E-state index contributed by atoms with van der Waals surface area (Å²) in [6.45, 7) is 2.03. The average Bonchev–Trinajstić information content (AvgIpc) is 2.45. The number of rotatable bonds is 4. The second kappa shape index (κ2) is 6.06. The van der Waals surface area contributed by atoms with E-state index < -0.39 is 12.1 Å². The molecule has 0 amide bonds. The second-order valence-corrected chi connectivity index (χ2v) is 4.76. The fraction of sp³-hybridized carbons (Fsp3) is 0.533. The van der Waals surface area contributed by atoms with Crippen LogP contribution in [0.5, 0.6) is 5.75 Å². The number of fused-ring (bicyclic) bond motifs is 1. The van der Waals surface area contributed by atoms with E-state index in [1.807, 2.05) is 18.2 Å². The molecule has 2 unspecified atom stereocenters. The van der Waals surface area contributed by atoms with Crippen LogP contribution in [0.2, 0.25) is 0 Å². The number of esters is 1. The summed E-state index contributed by atoms with van der Waals surface area (Å²) in [6, 6.07) is 5.80. The summed E-state index contributed by atoms with van der Waals surface area (Å²) in [4.78, 5) is 11.7. The first-order valence-corrected chi connectivity index (χ1v) is 6.69. The van der Waals surface area contributed by atoms with Crippen LogP contribution < -0.4 is 4.74 Å². The Morgan fingerprint density at radius 2 is 2.32 bits per heavy atom. The van der Waals surface area contributed by atoms with Gasteiger partial charge in [-0.25, -0.2) is 4.79 Å². The first-order chi connectivity index (χ1) is 9.17. The number of methoxy groups -OCH3 is 1. The third-order valence-corrected chi connectivity index (χ3v) is 3.62. The average molecular weight is 264 g/mol. The quantitative estimate of drug-likeness (QED) is 0.845. The highest BCUT2D eigenvalue weighted by molar-refractivity contribution is 5.76. The molecule has 2 rings (SSSR count). The standard InChI is InChI=1S/C15H20O4/c1-3-19-15(17)14(16)13-6-4-5-10-9-11(18-2)7-8-12(10)13/h7-9,13-14,16H,3-6H2,1-2H3. The molecule has 1 aromatic carbocycles. The lowest BCUT2D eigenvalue weighted by Gasteiger charge is -2.28. The van der Waals surface area contributed by atoms with E-state index in [0.29, 0.717) is 0 Å². The van der Waals surface area contributed by atoms with Crippen LogP contribution in [0.25, 0.3) is 0 Å². The van der Waals surface area contributed by atoms with Crippen molar-refractivity contribution in [2.45, 2.75) is 38.2 Å². The number of benzene rings is 1. The SMILES string of the molecule is CCOC(=O)C(O)C1CCCc2cc(OC)ccc21. The maximum absolute atomic E-state index is 11.7. The molecule has 0 aliphatic heterocycles. The molecule has 0 saturated carbocycles. The number of aliphatic hydroxyl groups is 1. The van der Waals surface area contributed by atoms with Crippen molar-refractivity contribution in [3.05, 3.63) is 29.3 Å². The molecule has 104 valence electrons. The number of carbonyl (C=O) groups excluding carboxylic acids is 1. The van der Waals surface area contributed by atoms with Crippen molar-refractivity contribution < 1.29 is 19.4 Å². The molecule has 2 atom stereocenters. The minimum atomic E-state index is -1.08. The summed E-state index contributed by atoms with van der Waals surface area (Å²) in [5.74, 6) is 0.106. The maximum atomic E-state index is 11.7. The Morgan fingerprint density at radius 1 is 1.53 bits per heavy atom. The van der Waals surface area contributed by atoms with Crippen LogP contribution in [0.4, 0.5) is 0 Å². The lowest BCUT2D eigenvalue weighted by atomic mass is 9.79. The summed E-state index contributed by atoms with van der Waals surface area (Å²) < 4.78 is 10.1. The van der Waals surface area contributed by atoms with E-state index in [1.165, 1.54) is 0 Å². The molecule has 0 fully saturated rings. The molecule has 0 heterocycles. The number of hydrogen-bond donors (Lipinski definition) is 1. The Balaban J connectivity index is 2.24. The van der Waals surface area contributed by atoms with E-state index in [9.17, 15) is 9.90 Å². The van der Waals surface area contributed by atoms with Gasteiger partial charge < -0.3 is 14.6 Å². The molecule has 0 saturated heterocycles. The largest absolute Gasteiger partial charge is 0.497 e.